The number of methoxy groups -OCH3 is 1. The summed E-state index contributed by atoms with van der Waals surface area (Å²) in [6.45, 7) is 0.988. The molecule has 0 atom stereocenters. The van der Waals surface area contributed by atoms with E-state index in [2.05, 4.69) is 10.3 Å². The molecule has 3 rings (SSSR count). The van der Waals surface area contributed by atoms with Crippen LogP contribution in [0, 0.1) is 0 Å². The number of nitrogens with one attached hydrogen (secondary N) is 1. The average molecular weight is 399 g/mol. The third-order valence-electron chi connectivity index (χ3n) is 4.02. The number of carbonyl (C=O) groups is 1. The van der Waals surface area contributed by atoms with Crippen molar-refractivity contribution in [2.24, 2.45) is 0 Å². The summed E-state index contributed by atoms with van der Waals surface area (Å²) >= 11 is 1.20. The third-order valence-corrected chi connectivity index (χ3v) is 5.00. The van der Waals surface area contributed by atoms with Crippen LogP contribution in [0.1, 0.15) is 6.42 Å². The summed E-state index contributed by atoms with van der Waals surface area (Å²) in [7, 11) is 1.61. The fourth-order valence-corrected chi connectivity index (χ4v) is 3.56. The zero-order chi connectivity index (χ0) is 19.9. The minimum Gasteiger partial charge on any atom is -0.508 e. The Morgan fingerprint density at radius 3 is 2.86 bits per heavy atom. The van der Waals surface area contributed by atoms with Crippen LogP contribution in [0.2, 0.25) is 0 Å². The van der Waals surface area contributed by atoms with E-state index in [1.165, 1.54) is 23.9 Å². The normalized spacial score (nSPS) is 10.9. The number of carbonyl (C=O) groups excluding carboxylic acids is 1. The highest BCUT2D eigenvalue weighted by molar-refractivity contribution is 7.99. The van der Waals surface area contributed by atoms with Crippen molar-refractivity contribution in [3.63, 3.8) is 0 Å². The summed E-state index contributed by atoms with van der Waals surface area (Å²) in [5.41, 5.74) is 0.985. The maximum absolute atomic E-state index is 12.9. The average Bonchev–Trinajstić information content (AvgIpc) is 2.68. The number of fused-ring (bicyclic) bond motifs is 1. The molecule has 0 aliphatic rings. The quantitative estimate of drug-likeness (QED) is 0.344. The number of para-hydroxylation sites is 1. The fraction of sp³-hybridized carbons (Fsp3) is 0.250. The second-order valence-electron chi connectivity index (χ2n) is 6.10. The van der Waals surface area contributed by atoms with Crippen molar-refractivity contribution in [3.8, 4) is 5.75 Å². The van der Waals surface area contributed by atoms with Crippen molar-refractivity contribution in [1.82, 2.24) is 9.55 Å². The molecule has 7 nitrogen and oxygen atoms in total. The molecule has 0 aliphatic heterocycles. The molecule has 0 fully saturated rings. The highest BCUT2D eigenvalue weighted by Crippen LogP contribution is 2.20. The van der Waals surface area contributed by atoms with Crippen molar-refractivity contribution in [2.75, 3.05) is 24.8 Å². The number of aromatic nitrogens is 2. The molecule has 0 saturated heterocycles. The van der Waals surface area contributed by atoms with Crippen LogP contribution in [0.5, 0.6) is 5.75 Å². The predicted octanol–water partition coefficient (Wildman–Crippen LogP) is 2.87. The van der Waals surface area contributed by atoms with Crippen molar-refractivity contribution in [3.05, 3.63) is 58.9 Å². The number of nitrogens with zero attached hydrogens (tertiary/aromatic N) is 2. The Kier molecular flexibility index (Phi) is 6.67. The van der Waals surface area contributed by atoms with Crippen molar-refractivity contribution >= 4 is 34.3 Å². The number of phenols is 1. The van der Waals surface area contributed by atoms with Crippen LogP contribution < -0.4 is 10.9 Å². The summed E-state index contributed by atoms with van der Waals surface area (Å²) in [6.07, 6.45) is 0.666. The Balaban J connectivity index is 1.79. The second-order valence-corrected chi connectivity index (χ2v) is 7.04. The van der Waals surface area contributed by atoms with E-state index in [9.17, 15) is 14.7 Å². The number of amides is 1. The van der Waals surface area contributed by atoms with E-state index < -0.39 is 0 Å². The standard InChI is InChI=1S/C20H21N3O4S/c1-27-11-5-10-23-19(26)16-8-2-3-9-17(16)22-20(23)28-13-18(25)21-14-6-4-7-15(24)12-14/h2-4,6-9,12,24H,5,10-11,13H2,1H3,(H,21,25). The molecule has 0 spiro atoms. The number of anilines is 1. The molecule has 1 amide bonds. The van der Waals surface area contributed by atoms with Crippen molar-refractivity contribution in [2.45, 2.75) is 18.1 Å². The molecule has 2 aromatic carbocycles. The van der Waals surface area contributed by atoms with E-state index in [1.54, 1.807) is 42.0 Å². The van der Waals surface area contributed by atoms with E-state index >= 15 is 0 Å². The molecule has 3 aromatic rings. The van der Waals surface area contributed by atoms with Gasteiger partial charge >= 0.3 is 0 Å². The molecule has 1 aromatic heterocycles. The lowest BCUT2D eigenvalue weighted by Crippen LogP contribution is -2.25. The van der Waals surface area contributed by atoms with Crippen molar-refractivity contribution < 1.29 is 14.6 Å². The summed E-state index contributed by atoms with van der Waals surface area (Å²) in [5, 5.41) is 13.3. The monoisotopic (exact) mass is 399 g/mol. The lowest BCUT2D eigenvalue weighted by molar-refractivity contribution is -0.113. The molecule has 0 aliphatic carbocycles. The number of hydrogen-bond acceptors (Lipinski definition) is 6. The summed E-state index contributed by atoms with van der Waals surface area (Å²) < 4.78 is 6.67. The van der Waals surface area contributed by atoms with Gasteiger partial charge in [-0.15, -0.1) is 0 Å². The Labute approximate surface area is 166 Å². The van der Waals surface area contributed by atoms with Crippen LogP contribution in [0.3, 0.4) is 0 Å². The Bertz CT molecular complexity index is 1040. The lowest BCUT2D eigenvalue weighted by atomic mass is 10.2. The minimum atomic E-state index is -0.249. The molecule has 1 heterocycles. The SMILES string of the molecule is COCCCn1c(SCC(=O)Nc2cccc(O)c2)nc2ccccc2c1=O. The summed E-state index contributed by atoms with van der Waals surface area (Å²) in [4.78, 5) is 29.7. The number of rotatable bonds is 8. The van der Waals surface area contributed by atoms with Gasteiger partial charge < -0.3 is 15.2 Å². The molecule has 0 saturated carbocycles. The number of ether oxygens (including phenoxy) is 1. The van der Waals surface area contributed by atoms with Gasteiger partial charge in [0.05, 0.1) is 16.7 Å². The van der Waals surface area contributed by atoms with Crippen LogP contribution in [0.4, 0.5) is 5.69 Å². The molecule has 2 N–H and O–H groups in total. The first-order chi connectivity index (χ1) is 13.6. The van der Waals surface area contributed by atoms with Gasteiger partial charge in [-0.2, -0.15) is 0 Å². The number of thioether (sulfide) groups is 1. The Morgan fingerprint density at radius 1 is 1.25 bits per heavy atom. The van der Waals surface area contributed by atoms with Crippen LogP contribution in [-0.2, 0) is 16.1 Å². The fourth-order valence-electron chi connectivity index (χ4n) is 2.73. The lowest BCUT2D eigenvalue weighted by Gasteiger charge is -2.13. The van der Waals surface area contributed by atoms with E-state index in [4.69, 9.17) is 4.74 Å². The van der Waals surface area contributed by atoms with Gasteiger partial charge in [0.1, 0.15) is 5.75 Å². The van der Waals surface area contributed by atoms with E-state index in [-0.39, 0.29) is 23.0 Å². The first-order valence-electron chi connectivity index (χ1n) is 8.78. The second kappa shape index (κ2) is 9.38. The number of hydrogen-bond donors (Lipinski definition) is 2. The van der Waals surface area contributed by atoms with Gasteiger partial charge in [-0.25, -0.2) is 4.98 Å². The molecule has 0 unspecified atom stereocenters. The maximum Gasteiger partial charge on any atom is 0.262 e. The number of benzene rings is 2. The summed E-state index contributed by atoms with van der Waals surface area (Å²) in [6, 6.07) is 13.5. The first-order valence-corrected chi connectivity index (χ1v) is 9.77. The largest absolute Gasteiger partial charge is 0.508 e. The van der Waals surface area contributed by atoms with E-state index in [0.717, 1.165) is 0 Å². The maximum atomic E-state index is 12.9. The van der Waals surface area contributed by atoms with Gasteiger partial charge in [0.15, 0.2) is 5.16 Å². The van der Waals surface area contributed by atoms with Gasteiger partial charge in [0.2, 0.25) is 5.91 Å². The smallest absolute Gasteiger partial charge is 0.262 e. The molecule has 0 radical (unpaired) electrons. The Morgan fingerprint density at radius 2 is 2.07 bits per heavy atom. The van der Waals surface area contributed by atoms with Crippen LogP contribution in [0.25, 0.3) is 10.9 Å². The van der Waals surface area contributed by atoms with Crippen molar-refractivity contribution in [1.29, 1.82) is 0 Å². The topological polar surface area (TPSA) is 93.4 Å². The van der Waals surface area contributed by atoms with Crippen LogP contribution in [-0.4, -0.2) is 40.0 Å². The molecular formula is C20H21N3O4S. The van der Waals surface area contributed by atoms with Crippen LogP contribution in [0.15, 0.2) is 58.5 Å². The Hall–Kier alpha value is -2.84. The third kappa shape index (κ3) is 4.90. The van der Waals surface area contributed by atoms with Gasteiger partial charge in [-0.1, -0.05) is 30.0 Å². The molecule has 28 heavy (non-hydrogen) atoms. The van der Waals surface area contributed by atoms with Gasteiger partial charge in [0, 0.05) is 32.0 Å². The highest BCUT2D eigenvalue weighted by atomic mass is 32.2. The van der Waals surface area contributed by atoms with Gasteiger partial charge in [0.25, 0.3) is 5.56 Å². The number of phenolic OH excluding ortho intramolecular Hbond substituents is 1. The first kappa shape index (κ1) is 19.9. The van der Waals surface area contributed by atoms with Crippen LogP contribution >= 0.6 is 11.8 Å². The predicted molar refractivity (Wildman–Crippen MR) is 110 cm³/mol. The summed E-state index contributed by atoms with van der Waals surface area (Å²) in [5.74, 6) is -0.0832. The molecule has 0 bridgehead atoms. The zero-order valence-corrected chi connectivity index (χ0v) is 16.2. The molecule has 8 heteroatoms. The molecular weight excluding hydrogens is 378 g/mol. The molecule has 146 valence electrons. The zero-order valence-electron chi connectivity index (χ0n) is 15.4. The van der Waals surface area contributed by atoms with E-state index in [1.807, 2.05) is 6.07 Å². The highest BCUT2D eigenvalue weighted by Gasteiger charge is 2.13. The number of aromatic hydroxyl groups is 1. The van der Waals surface area contributed by atoms with Gasteiger partial charge in [-0.05, 0) is 30.7 Å². The minimum absolute atomic E-state index is 0.0774. The van der Waals surface area contributed by atoms with E-state index in [0.29, 0.717) is 41.3 Å². The van der Waals surface area contributed by atoms with Gasteiger partial charge in [-0.3, -0.25) is 14.2 Å².